The molecule has 0 aliphatic carbocycles. The first-order valence-corrected chi connectivity index (χ1v) is 11.6. The third-order valence-electron chi connectivity index (χ3n) is 5.65. The summed E-state index contributed by atoms with van der Waals surface area (Å²) in [5.41, 5.74) is 1.42. The number of rotatable bonds is 8. The molecule has 0 heterocycles. The van der Waals surface area contributed by atoms with E-state index in [1.807, 2.05) is 79.0 Å². The van der Waals surface area contributed by atoms with E-state index >= 15 is 0 Å². The number of ether oxygens (including phenoxy) is 1. The number of urea groups is 1. The molecule has 0 saturated heterocycles. The van der Waals surface area contributed by atoms with Crippen molar-refractivity contribution in [1.82, 2.24) is 10.2 Å². The average molecular weight is 479 g/mol. The van der Waals surface area contributed by atoms with E-state index in [2.05, 4.69) is 10.6 Å². The summed E-state index contributed by atoms with van der Waals surface area (Å²) in [5, 5.41) is 17.0. The van der Waals surface area contributed by atoms with E-state index in [1.165, 1.54) is 0 Å². The molecule has 0 bridgehead atoms. The van der Waals surface area contributed by atoms with Crippen LogP contribution >= 0.6 is 0 Å². The highest BCUT2D eigenvalue weighted by Gasteiger charge is 2.26. The van der Waals surface area contributed by atoms with Crippen LogP contribution in [0.3, 0.4) is 0 Å². The SMILES string of the molecule is CCN(C#N)C(=O)C(Cc1ccc2ccccc2c1)NC(=O)Nc1ccc(Oc2ccccc2)cc1. The minimum atomic E-state index is -0.911. The van der Waals surface area contributed by atoms with Crippen molar-refractivity contribution in [2.24, 2.45) is 0 Å². The first kappa shape index (κ1) is 24.3. The number of benzene rings is 4. The highest BCUT2D eigenvalue weighted by Crippen LogP contribution is 2.23. The van der Waals surface area contributed by atoms with Crippen molar-refractivity contribution in [1.29, 1.82) is 5.26 Å². The molecule has 180 valence electrons. The molecule has 0 radical (unpaired) electrons. The van der Waals surface area contributed by atoms with E-state index in [4.69, 9.17) is 4.74 Å². The molecule has 1 unspecified atom stereocenters. The maximum Gasteiger partial charge on any atom is 0.319 e. The maximum atomic E-state index is 13.0. The number of likely N-dealkylation sites (N-methyl/N-ethyl adjacent to an activating group) is 1. The van der Waals surface area contributed by atoms with Gasteiger partial charge in [-0.3, -0.25) is 4.79 Å². The van der Waals surface area contributed by atoms with Crippen molar-refractivity contribution in [3.05, 3.63) is 103 Å². The van der Waals surface area contributed by atoms with E-state index in [0.29, 0.717) is 17.2 Å². The van der Waals surface area contributed by atoms with Crippen LogP contribution in [0.4, 0.5) is 10.5 Å². The molecule has 0 aromatic heterocycles. The van der Waals surface area contributed by atoms with Gasteiger partial charge in [0.1, 0.15) is 17.5 Å². The Morgan fingerprint density at radius 2 is 1.56 bits per heavy atom. The highest BCUT2D eigenvalue weighted by molar-refractivity contribution is 5.94. The van der Waals surface area contributed by atoms with Gasteiger partial charge >= 0.3 is 6.03 Å². The number of carbonyl (C=O) groups excluding carboxylic acids is 2. The molecule has 0 saturated carbocycles. The van der Waals surface area contributed by atoms with Gasteiger partial charge in [-0.15, -0.1) is 0 Å². The van der Waals surface area contributed by atoms with E-state index in [9.17, 15) is 14.9 Å². The molecule has 0 aliphatic rings. The third-order valence-corrected chi connectivity index (χ3v) is 5.65. The topological polar surface area (TPSA) is 94.5 Å². The molecule has 2 N–H and O–H groups in total. The Morgan fingerprint density at radius 3 is 2.25 bits per heavy atom. The number of nitrogens with one attached hydrogen (secondary N) is 2. The van der Waals surface area contributed by atoms with Gasteiger partial charge in [0, 0.05) is 18.7 Å². The number of anilines is 1. The van der Waals surface area contributed by atoms with Gasteiger partial charge in [0.15, 0.2) is 6.19 Å². The van der Waals surface area contributed by atoms with Crippen LogP contribution in [0.1, 0.15) is 12.5 Å². The van der Waals surface area contributed by atoms with Gasteiger partial charge in [0.2, 0.25) is 0 Å². The molecular formula is C29H26N4O3. The summed E-state index contributed by atoms with van der Waals surface area (Å²) in [4.78, 5) is 26.9. The lowest BCUT2D eigenvalue weighted by Crippen LogP contribution is -2.49. The van der Waals surface area contributed by atoms with Crippen molar-refractivity contribution in [3.63, 3.8) is 0 Å². The molecule has 36 heavy (non-hydrogen) atoms. The Hall–Kier alpha value is -4.83. The summed E-state index contributed by atoms with van der Waals surface area (Å²) >= 11 is 0. The molecule has 3 amide bonds. The van der Waals surface area contributed by atoms with Gasteiger partial charge in [-0.25, -0.2) is 9.69 Å². The summed E-state index contributed by atoms with van der Waals surface area (Å²) in [7, 11) is 0. The molecule has 7 nitrogen and oxygen atoms in total. The molecule has 7 heteroatoms. The number of hydrogen-bond donors (Lipinski definition) is 2. The largest absolute Gasteiger partial charge is 0.457 e. The van der Waals surface area contributed by atoms with Gasteiger partial charge in [-0.2, -0.15) is 5.26 Å². The number of hydrogen-bond acceptors (Lipinski definition) is 4. The van der Waals surface area contributed by atoms with E-state index in [-0.39, 0.29) is 13.0 Å². The van der Waals surface area contributed by atoms with E-state index in [0.717, 1.165) is 21.2 Å². The van der Waals surface area contributed by atoms with Crippen molar-refractivity contribution in [2.45, 2.75) is 19.4 Å². The second kappa shape index (κ2) is 11.5. The lowest BCUT2D eigenvalue weighted by Gasteiger charge is -2.22. The lowest BCUT2D eigenvalue weighted by atomic mass is 10.0. The Morgan fingerprint density at radius 1 is 0.889 bits per heavy atom. The molecule has 0 fully saturated rings. The number of fused-ring (bicyclic) bond motifs is 1. The predicted octanol–water partition coefficient (Wildman–Crippen LogP) is 5.69. The minimum Gasteiger partial charge on any atom is -0.457 e. The van der Waals surface area contributed by atoms with Crippen molar-refractivity contribution < 1.29 is 14.3 Å². The smallest absolute Gasteiger partial charge is 0.319 e. The Bertz CT molecular complexity index is 1380. The summed E-state index contributed by atoms with van der Waals surface area (Å²) in [6.07, 6.45) is 2.14. The maximum absolute atomic E-state index is 13.0. The second-order valence-corrected chi connectivity index (χ2v) is 8.16. The summed E-state index contributed by atoms with van der Waals surface area (Å²) < 4.78 is 5.77. The Labute approximate surface area is 209 Å². The summed E-state index contributed by atoms with van der Waals surface area (Å²) in [5.74, 6) is 0.878. The summed E-state index contributed by atoms with van der Waals surface area (Å²) in [6, 6.07) is 28.7. The van der Waals surface area contributed by atoms with Crippen LogP contribution in [0.5, 0.6) is 11.5 Å². The van der Waals surface area contributed by atoms with Gasteiger partial charge in [-0.05, 0) is 59.7 Å². The molecular weight excluding hydrogens is 452 g/mol. The van der Waals surface area contributed by atoms with Gasteiger partial charge in [0.25, 0.3) is 5.91 Å². The summed E-state index contributed by atoms with van der Waals surface area (Å²) in [6.45, 7) is 1.93. The highest BCUT2D eigenvalue weighted by atomic mass is 16.5. The number of nitriles is 1. The van der Waals surface area contributed by atoms with Crippen LogP contribution in [-0.4, -0.2) is 29.4 Å². The number of para-hydroxylation sites is 1. The molecule has 0 aliphatic heterocycles. The molecule has 4 rings (SSSR count). The quantitative estimate of drug-likeness (QED) is 0.251. The molecule has 1 atom stereocenters. The first-order valence-electron chi connectivity index (χ1n) is 11.6. The fraction of sp³-hybridized carbons (Fsp3) is 0.138. The zero-order valence-electron chi connectivity index (χ0n) is 19.8. The van der Waals surface area contributed by atoms with Crippen LogP contribution in [0.25, 0.3) is 10.8 Å². The fourth-order valence-electron chi connectivity index (χ4n) is 3.82. The van der Waals surface area contributed by atoms with Crippen LogP contribution < -0.4 is 15.4 Å². The molecule has 4 aromatic rings. The van der Waals surface area contributed by atoms with Crippen LogP contribution in [0.15, 0.2) is 97.1 Å². The number of nitrogens with zero attached hydrogens (tertiary/aromatic N) is 2. The Balaban J connectivity index is 1.45. The zero-order valence-corrected chi connectivity index (χ0v) is 19.8. The number of carbonyl (C=O) groups is 2. The Kier molecular flexibility index (Phi) is 7.79. The first-order chi connectivity index (χ1) is 17.6. The monoisotopic (exact) mass is 478 g/mol. The molecule has 0 spiro atoms. The van der Waals surface area contributed by atoms with E-state index < -0.39 is 18.0 Å². The predicted molar refractivity (Wildman–Crippen MR) is 140 cm³/mol. The second-order valence-electron chi connectivity index (χ2n) is 8.16. The standard InChI is InChI=1S/C29H26N4O3/c1-2-33(20-30)28(34)27(19-21-12-13-22-8-6-7-9-23(22)18-21)32-29(35)31-24-14-16-26(17-15-24)36-25-10-4-3-5-11-25/h3-18,27H,2,19H2,1H3,(H2,31,32,35). The zero-order chi connectivity index (χ0) is 25.3. The van der Waals surface area contributed by atoms with Gasteiger partial charge in [-0.1, -0.05) is 60.7 Å². The fourth-order valence-corrected chi connectivity index (χ4v) is 3.82. The normalized spacial score (nSPS) is 11.2. The van der Waals surface area contributed by atoms with Gasteiger partial charge in [0.05, 0.1) is 0 Å². The van der Waals surface area contributed by atoms with E-state index in [1.54, 1.807) is 31.2 Å². The van der Waals surface area contributed by atoms with Crippen molar-refractivity contribution in [3.8, 4) is 17.7 Å². The number of amides is 3. The van der Waals surface area contributed by atoms with Crippen molar-refractivity contribution in [2.75, 3.05) is 11.9 Å². The average Bonchev–Trinajstić information content (AvgIpc) is 2.90. The van der Waals surface area contributed by atoms with Crippen LogP contribution in [0, 0.1) is 11.5 Å². The van der Waals surface area contributed by atoms with Gasteiger partial charge < -0.3 is 15.4 Å². The lowest BCUT2D eigenvalue weighted by molar-refractivity contribution is -0.129. The van der Waals surface area contributed by atoms with Crippen LogP contribution in [0.2, 0.25) is 0 Å². The van der Waals surface area contributed by atoms with Crippen LogP contribution in [-0.2, 0) is 11.2 Å². The minimum absolute atomic E-state index is 0.218. The third kappa shape index (κ3) is 6.19. The molecule has 4 aromatic carbocycles. The van der Waals surface area contributed by atoms with Crippen molar-refractivity contribution >= 4 is 28.4 Å².